The Morgan fingerprint density at radius 2 is 2.21 bits per heavy atom. The highest BCUT2D eigenvalue weighted by Gasteiger charge is 2.31. The predicted molar refractivity (Wildman–Crippen MR) is 119 cm³/mol. The minimum absolute atomic E-state index is 0.0372. The average Bonchev–Trinajstić information content (AvgIpc) is 3.25. The molecule has 7 heteroatoms. The van der Waals surface area contributed by atoms with E-state index in [-0.39, 0.29) is 11.8 Å². The van der Waals surface area contributed by atoms with Crippen LogP contribution in [0.2, 0.25) is 0 Å². The number of carbonyl (C=O) groups is 2. The van der Waals surface area contributed by atoms with Crippen LogP contribution >= 0.6 is 23.8 Å². The molecule has 1 aliphatic carbocycles. The lowest BCUT2D eigenvalue weighted by Crippen LogP contribution is -2.32. The third-order valence-corrected chi connectivity index (χ3v) is 6.65. The number of hydrogen-bond donors (Lipinski definition) is 1. The fraction of sp³-hybridized carbons (Fsp3) is 0.409. The second kappa shape index (κ2) is 8.38. The van der Waals surface area contributed by atoms with Crippen molar-refractivity contribution in [3.05, 3.63) is 52.1 Å². The van der Waals surface area contributed by atoms with Gasteiger partial charge in [-0.05, 0) is 51.1 Å². The van der Waals surface area contributed by atoms with E-state index in [9.17, 15) is 9.59 Å². The summed E-state index contributed by atoms with van der Waals surface area (Å²) in [5, 5.41) is 3.45. The Kier molecular flexibility index (Phi) is 5.86. The van der Waals surface area contributed by atoms with Crippen molar-refractivity contribution < 1.29 is 9.59 Å². The van der Waals surface area contributed by atoms with Crippen molar-refractivity contribution in [2.24, 2.45) is 0 Å². The highest BCUT2D eigenvalue weighted by atomic mass is 35.5. The lowest BCUT2D eigenvalue weighted by Gasteiger charge is -2.23. The SMILES string of the molecule is CN1CCCC1CCN1Cc2c(NC(=O)C3=CC(Cl)=CCC3=S)cccc2C1=O. The Balaban J connectivity index is 1.47. The number of allylic oxidation sites excluding steroid dienone is 3. The fourth-order valence-electron chi connectivity index (χ4n) is 4.30. The molecule has 152 valence electrons. The van der Waals surface area contributed by atoms with Crippen LogP contribution in [-0.2, 0) is 11.3 Å². The number of thiocarbonyl (C=S) groups is 1. The molecule has 1 fully saturated rings. The number of rotatable bonds is 5. The molecule has 2 aliphatic heterocycles. The highest BCUT2D eigenvalue weighted by Crippen LogP contribution is 2.31. The van der Waals surface area contributed by atoms with Gasteiger partial charge in [-0.25, -0.2) is 0 Å². The zero-order valence-corrected chi connectivity index (χ0v) is 18.0. The zero-order chi connectivity index (χ0) is 20.5. The number of anilines is 1. The zero-order valence-electron chi connectivity index (χ0n) is 16.4. The molecular weight excluding hydrogens is 406 g/mol. The largest absolute Gasteiger partial charge is 0.334 e. The van der Waals surface area contributed by atoms with E-state index in [2.05, 4.69) is 17.3 Å². The molecule has 29 heavy (non-hydrogen) atoms. The molecule has 2 amide bonds. The lowest BCUT2D eigenvalue weighted by molar-refractivity contribution is -0.112. The molecule has 4 rings (SSSR count). The summed E-state index contributed by atoms with van der Waals surface area (Å²) in [5.41, 5.74) is 2.61. The van der Waals surface area contributed by atoms with Gasteiger partial charge in [-0.1, -0.05) is 36.0 Å². The molecule has 3 aliphatic rings. The number of amides is 2. The third-order valence-electron chi connectivity index (χ3n) is 6.00. The van der Waals surface area contributed by atoms with Crippen molar-refractivity contribution in [2.75, 3.05) is 25.5 Å². The number of hydrogen-bond acceptors (Lipinski definition) is 4. The van der Waals surface area contributed by atoms with Crippen molar-refractivity contribution in [1.29, 1.82) is 0 Å². The minimum atomic E-state index is -0.284. The van der Waals surface area contributed by atoms with Gasteiger partial charge in [0.1, 0.15) is 0 Å². The molecule has 1 N–H and O–H groups in total. The summed E-state index contributed by atoms with van der Waals surface area (Å²) in [6.45, 7) is 2.38. The van der Waals surface area contributed by atoms with Crippen molar-refractivity contribution in [2.45, 2.75) is 38.3 Å². The quantitative estimate of drug-likeness (QED) is 0.721. The Morgan fingerprint density at radius 3 is 2.97 bits per heavy atom. The molecule has 2 heterocycles. The van der Waals surface area contributed by atoms with Gasteiger partial charge in [0.05, 0.1) is 5.57 Å². The van der Waals surface area contributed by atoms with Gasteiger partial charge in [0, 0.05) is 52.3 Å². The molecule has 0 bridgehead atoms. The number of nitrogens with zero attached hydrogens (tertiary/aromatic N) is 2. The normalized spacial score (nSPS) is 21.9. The van der Waals surface area contributed by atoms with Gasteiger partial charge < -0.3 is 15.1 Å². The molecule has 1 aromatic rings. The first-order valence-electron chi connectivity index (χ1n) is 9.97. The summed E-state index contributed by atoms with van der Waals surface area (Å²) in [4.78, 5) is 30.5. The topological polar surface area (TPSA) is 52.6 Å². The highest BCUT2D eigenvalue weighted by molar-refractivity contribution is 7.81. The molecule has 1 unspecified atom stereocenters. The Bertz CT molecular complexity index is 940. The van der Waals surface area contributed by atoms with Gasteiger partial charge in [-0.3, -0.25) is 9.59 Å². The molecule has 1 saturated heterocycles. The number of carbonyl (C=O) groups excluding carboxylic acids is 2. The van der Waals surface area contributed by atoms with E-state index in [1.54, 1.807) is 18.2 Å². The van der Waals surface area contributed by atoms with E-state index in [1.165, 1.54) is 12.8 Å². The van der Waals surface area contributed by atoms with E-state index in [0.29, 0.717) is 45.7 Å². The van der Waals surface area contributed by atoms with E-state index in [0.717, 1.165) is 25.1 Å². The molecule has 0 aromatic heterocycles. The van der Waals surface area contributed by atoms with Crippen LogP contribution in [-0.4, -0.2) is 52.7 Å². The van der Waals surface area contributed by atoms with Crippen molar-refractivity contribution in [3.8, 4) is 0 Å². The lowest BCUT2D eigenvalue weighted by atomic mass is 10.0. The number of halogens is 1. The average molecular weight is 430 g/mol. The summed E-state index contributed by atoms with van der Waals surface area (Å²) in [6, 6.07) is 6.02. The number of benzene rings is 1. The van der Waals surface area contributed by atoms with E-state index >= 15 is 0 Å². The Hall–Kier alpha value is -2.02. The molecule has 5 nitrogen and oxygen atoms in total. The number of fused-ring (bicyclic) bond motifs is 1. The van der Waals surface area contributed by atoms with Crippen LogP contribution in [0.25, 0.3) is 0 Å². The Labute approximate surface area is 181 Å². The maximum Gasteiger partial charge on any atom is 0.256 e. The maximum absolute atomic E-state index is 12.9. The van der Waals surface area contributed by atoms with Gasteiger partial charge >= 0.3 is 0 Å². The first kappa shape index (κ1) is 20.3. The van der Waals surface area contributed by atoms with Gasteiger partial charge in [0.25, 0.3) is 11.8 Å². The van der Waals surface area contributed by atoms with Crippen LogP contribution in [0.15, 0.2) is 41.0 Å². The van der Waals surface area contributed by atoms with Crippen molar-refractivity contribution in [1.82, 2.24) is 9.80 Å². The fourth-order valence-corrected chi connectivity index (χ4v) is 4.72. The monoisotopic (exact) mass is 429 g/mol. The Morgan fingerprint density at radius 1 is 1.38 bits per heavy atom. The first-order chi connectivity index (χ1) is 13.9. The second-order valence-corrected chi connectivity index (χ2v) is 8.78. The standard InChI is InChI=1S/C22H24ClN3O2S/c1-25-10-3-4-15(25)9-11-26-13-18-16(22(26)28)5-2-6-19(18)24-21(27)17-12-14(23)7-8-20(17)29/h2,5-7,12,15H,3-4,8-11,13H2,1H3,(H,24,27). The van der Waals surface area contributed by atoms with Crippen molar-refractivity contribution >= 4 is 46.2 Å². The summed E-state index contributed by atoms with van der Waals surface area (Å²) in [5.74, 6) is -0.247. The van der Waals surface area contributed by atoms with Crippen molar-refractivity contribution in [3.63, 3.8) is 0 Å². The second-order valence-electron chi connectivity index (χ2n) is 7.85. The smallest absolute Gasteiger partial charge is 0.256 e. The number of likely N-dealkylation sites (tertiary alicyclic amines) is 1. The van der Waals surface area contributed by atoms with E-state index in [4.69, 9.17) is 23.8 Å². The minimum Gasteiger partial charge on any atom is -0.334 e. The van der Waals surface area contributed by atoms with Crippen LogP contribution in [0, 0.1) is 0 Å². The van der Waals surface area contributed by atoms with E-state index in [1.807, 2.05) is 17.0 Å². The summed E-state index contributed by atoms with van der Waals surface area (Å²) >= 11 is 11.4. The van der Waals surface area contributed by atoms with Gasteiger partial charge in [-0.15, -0.1) is 0 Å². The molecule has 0 radical (unpaired) electrons. The van der Waals surface area contributed by atoms with Crippen LogP contribution < -0.4 is 5.32 Å². The van der Waals surface area contributed by atoms with Crippen LogP contribution in [0.5, 0.6) is 0 Å². The van der Waals surface area contributed by atoms with E-state index < -0.39 is 0 Å². The molecule has 0 saturated carbocycles. The van der Waals surface area contributed by atoms with Gasteiger partial charge in [0.15, 0.2) is 0 Å². The number of nitrogens with one attached hydrogen (secondary N) is 1. The van der Waals surface area contributed by atoms with Crippen LogP contribution in [0.1, 0.15) is 41.6 Å². The summed E-state index contributed by atoms with van der Waals surface area (Å²) < 4.78 is 0. The van der Waals surface area contributed by atoms with Crippen LogP contribution in [0.3, 0.4) is 0 Å². The van der Waals surface area contributed by atoms with Gasteiger partial charge in [0.2, 0.25) is 0 Å². The first-order valence-corrected chi connectivity index (χ1v) is 10.8. The molecule has 1 aromatic carbocycles. The summed E-state index contributed by atoms with van der Waals surface area (Å²) in [7, 11) is 2.15. The predicted octanol–water partition coefficient (Wildman–Crippen LogP) is 3.89. The summed E-state index contributed by atoms with van der Waals surface area (Å²) in [6.07, 6.45) is 7.27. The third kappa shape index (κ3) is 4.15. The molecular formula is C22H24ClN3O2S. The molecule has 0 spiro atoms. The maximum atomic E-state index is 12.9. The van der Waals surface area contributed by atoms with Gasteiger partial charge in [-0.2, -0.15) is 0 Å². The molecule has 1 atom stereocenters. The van der Waals surface area contributed by atoms with Crippen LogP contribution in [0.4, 0.5) is 5.69 Å².